The van der Waals surface area contributed by atoms with E-state index in [1.165, 1.54) is 12.1 Å². The van der Waals surface area contributed by atoms with Gasteiger partial charge in [-0.05, 0) is 66.2 Å². The Morgan fingerprint density at radius 2 is 1.56 bits per heavy atom. The summed E-state index contributed by atoms with van der Waals surface area (Å²) in [4.78, 5) is 16.5. The lowest BCUT2D eigenvalue weighted by molar-refractivity contribution is 0.0951. The normalized spacial score (nSPS) is 10.6. The van der Waals surface area contributed by atoms with Gasteiger partial charge in [0.25, 0.3) is 5.91 Å². The summed E-state index contributed by atoms with van der Waals surface area (Å²) in [5.41, 5.74) is 1.43. The lowest BCUT2D eigenvalue weighted by atomic mass is 10.2. The van der Waals surface area contributed by atoms with E-state index >= 15 is 0 Å². The number of nitrogens with zero attached hydrogens (tertiary/aromatic N) is 2. The van der Waals surface area contributed by atoms with E-state index in [0.717, 1.165) is 5.56 Å². The number of hydrogen-bond acceptors (Lipinski definition) is 6. The number of amides is 1. The third-order valence-electron chi connectivity index (χ3n) is 4.48. The van der Waals surface area contributed by atoms with Crippen LogP contribution in [0.5, 0.6) is 17.2 Å². The molecule has 0 atom stereocenters. The van der Waals surface area contributed by atoms with Crippen molar-refractivity contribution in [3.05, 3.63) is 101 Å². The fourth-order valence-corrected chi connectivity index (χ4v) is 2.85. The van der Waals surface area contributed by atoms with E-state index < -0.39 is 0 Å². The highest BCUT2D eigenvalue weighted by atomic mass is 19.1. The van der Waals surface area contributed by atoms with Crippen molar-refractivity contribution in [3.63, 3.8) is 0 Å². The van der Waals surface area contributed by atoms with E-state index in [1.807, 2.05) is 12.1 Å². The highest BCUT2D eigenvalue weighted by Gasteiger charge is 2.07. The first-order valence-electron chi connectivity index (χ1n) is 9.88. The Labute approximate surface area is 183 Å². The number of nitrogens with one attached hydrogen (secondary N) is 1. The third-order valence-corrected chi connectivity index (χ3v) is 4.48. The quantitative estimate of drug-likeness (QED) is 0.429. The van der Waals surface area contributed by atoms with E-state index in [1.54, 1.807) is 55.5 Å². The Morgan fingerprint density at radius 1 is 0.938 bits per heavy atom. The Bertz CT molecular complexity index is 1170. The molecule has 0 aliphatic heterocycles. The van der Waals surface area contributed by atoms with Gasteiger partial charge in [0.15, 0.2) is 6.61 Å². The molecule has 0 bridgehead atoms. The van der Waals surface area contributed by atoms with Gasteiger partial charge in [-0.1, -0.05) is 17.3 Å². The monoisotopic (exact) mass is 433 g/mol. The second-order valence-electron chi connectivity index (χ2n) is 6.93. The van der Waals surface area contributed by atoms with Crippen LogP contribution in [-0.2, 0) is 13.2 Å². The third kappa shape index (κ3) is 5.69. The van der Waals surface area contributed by atoms with Crippen LogP contribution in [0.3, 0.4) is 0 Å². The number of halogens is 1. The fraction of sp³-hybridized carbons (Fsp3) is 0.125. The maximum absolute atomic E-state index is 13.0. The van der Waals surface area contributed by atoms with Crippen LogP contribution in [0.2, 0.25) is 0 Å². The molecule has 1 N–H and O–H groups in total. The molecule has 1 heterocycles. The van der Waals surface area contributed by atoms with Crippen molar-refractivity contribution in [1.29, 1.82) is 0 Å². The summed E-state index contributed by atoms with van der Waals surface area (Å²) in [5.74, 6) is 2.19. The molecule has 1 aromatic heterocycles. The molecule has 0 spiro atoms. The first-order valence-corrected chi connectivity index (χ1v) is 9.88. The van der Waals surface area contributed by atoms with Gasteiger partial charge in [-0.15, -0.1) is 0 Å². The molecule has 4 aromatic rings. The molecular formula is C24H20FN3O4. The van der Waals surface area contributed by atoms with Crippen molar-refractivity contribution in [2.45, 2.75) is 20.1 Å². The second kappa shape index (κ2) is 9.74. The molecule has 0 unspecified atom stereocenters. The highest BCUT2D eigenvalue weighted by Crippen LogP contribution is 2.22. The van der Waals surface area contributed by atoms with Crippen molar-refractivity contribution in [1.82, 2.24) is 15.5 Å². The van der Waals surface area contributed by atoms with Gasteiger partial charge in [0.05, 0.1) is 0 Å². The highest BCUT2D eigenvalue weighted by molar-refractivity contribution is 5.94. The zero-order valence-electron chi connectivity index (χ0n) is 17.2. The van der Waals surface area contributed by atoms with E-state index in [9.17, 15) is 9.18 Å². The molecule has 0 fully saturated rings. The zero-order valence-corrected chi connectivity index (χ0v) is 17.2. The summed E-state index contributed by atoms with van der Waals surface area (Å²) >= 11 is 0. The largest absolute Gasteiger partial charge is 0.485 e. The van der Waals surface area contributed by atoms with Gasteiger partial charge >= 0.3 is 0 Å². The summed E-state index contributed by atoms with van der Waals surface area (Å²) in [7, 11) is 0. The van der Waals surface area contributed by atoms with Crippen LogP contribution in [0.1, 0.15) is 27.6 Å². The van der Waals surface area contributed by atoms with Gasteiger partial charge in [0, 0.05) is 19.0 Å². The smallest absolute Gasteiger partial charge is 0.251 e. The summed E-state index contributed by atoms with van der Waals surface area (Å²) in [5, 5.41) is 6.64. The second-order valence-corrected chi connectivity index (χ2v) is 6.93. The first kappa shape index (κ1) is 21.0. The Morgan fingerprint density at radius 3 is 2.19 bits per heavy atom. The lowest BCUT2D eigenvalue weighted by Gasteiger charge is -2.09. The van der Waals surface area contributed by atoms with Crippen molar-refractivity contribution in [2.24, 2.45) is 0 Å². The van der Waals surface area contributed by atoms with Crippen LogP contribution in [0.15, 0.2) is 77.3 Å². The van der Waals surface area contributed by atoms with Crippen molar-refractivity contribution in [2.75, 3.05) is 0 Å². The van der Waals surface area contributed by atoms with Crippen LogP contribution < -0.4 is 14.8 Å². The standard InChI is InChI=1S/C24H20FN3O4/c1-16-27-23(28-32-16)15-30-20-10-4-18(5-11-20)24(29)26-14-17-2-8-21(9-3-17)31-22-12-6-19(25)7-13-22/h2-13H,14-15H2,1H3,(H,26,29). The van der Waals surface area contributed by atoms with Crippen LogP contribution >= 0.6 is 0 Å². The molecule has 32 heavy (non-hydrogen) atoms. The average Bonchev–Trinajstić information content (AvgIpc) is 3.24. The molecule has 1 amide bonds. The molecule has 0 radical (unpaired) electrons. The number of carbonyl (C=O) groups is 1. The van der Waals surface area contributed by atoms with E-state index in [-0.39, 0.29) is 18.3 Å². The molecule has 0 aliphatic carbocycles. The molecule has 8 heteroatoms. The van der Waals surface area contributed by atoms with Crippen molar-refractivity contribution >= 4 is 5.91 Å². The number of aryl methyl sites for hydroxylation is 1. The van der Waals surface area contributed by atoms with Crippen LogP contribution in [-0.4, -0.2) is 16.0 Å². The summed E-state index contributed by atoms with van der Waals surface area (Å²) in [6.45, 7) is 2.26. The molecule has 0 aliphatic rings. The molecule has 0 saturated heterocycles. The fourth-order valence-electron chi connectivity index (χ4n) is 2.85. The molecule has 7 nitrogen and oxygen atoms in total. The number of benzene rings is 3. The minimum absolute atomic E-state index is 0.184. The predicted molar refractivity (Wildman–Crippen MR) is 114 cm³/mol. The molecular weight excluding hydrogens is 413 g/mol. The number of carbonyl (C=O) groups excluding carboxylic acids is 1. The minimum atomic E-state index is -0.315. The maximum Gasteiger partial charge on any atom is 0.251 e. The van der Waals surface area contributed by atoms with E-state index in [2.05, 4.69) is 15.5 Å². The number of rotatable bonds is 8. The van der Waals surface area contributed by atoms with Crippen LogP contribution in [0.4, 0.5) is 4.39 Å². The Balaban J connectivity index is 1.26. The van der Waals surface area contributed by atoms with Gasteiger partial charge in [0.2, 0.25) is 11.7 Å². The Kier molecular flexibility index (Phi) is 6.41. The van der Waals surface area contributed by atoms with Gasteiger partial charge in [-0.3, -0.25) is 4.79 Å². The molecule has 162 valence electrons. The van der Waals surface area contributed by atoms with Gasteiger partial charge in [-0.25, -0.2) is 4.39 Å². The minimum Gasteiger partial charge on any atom is -0.485 e. The predicted octanol–water partition coefficient (Wildman–Crippen LogP) is 4.82. The van der Waals surface area contributed by atoms with E-state index in [0.29, 0.717) is 41.1 Å². The van der Waals surface area contributed by atoms with Crippen molar-refractivity contribution in [3.8, 4) is 17.2 Å². The Hall–Kier alpha value is -4.20. The molecule has 4 rings (SSSR count). The van der Waals surface area contributed by atoms with Crippen LogP contribution in [0.25, 0.3) is 0 Å². The molecule has 3 aromatic carbocycles. The van der Waals surface area contributed by atoms with Gasteiger partial charge in [0.1, 0.15) is 23.1 Å². The summed E-state index contributed by atoms with van der Waals surface area (Å²) in [6.07, 6.45) is 0. The topological polar surface area (TPSA) is 86.5 Å². The lowest BCUT2D eigenvalue weighted by Crippen LogP contribution is -2.22. The summed E-state index contributed by atoms with van der Waals surface area (Å²) in [6, 6.07) is 19.9. The molecule has 0 saturated carbocycles. The maximum atomic E-state index is 13.0. The SMILES string of the molecule is Cc1nc(COc2ccc(C(=O)NCc3ccc(Oc4ccc(F)cc4)cc3)cc2)no1. The number of aromatic nitrogens is 2. The van der Waals surface area contributed by atoms with Gasteiger partial charge in [-0.2, -0.15) is 4.98 Å². The van der Waals surface area contributed by atoms with Gasteiger partial charge < -0.3 is 19.3 Å². The number of hydrogen-bond donors (Lipinski definition) is 1. The van der Waals surface area contributed by atoms with Crippen LogP contribution in [0, 0.1) is 12.7 Å². The summed E-state index contributed by atoms with van der Waals surface area (Å²) < 4.78 is 29.1. The van der Waals surface area contributed by atoms with Crippen molar-refractivity contribution < 1.29 is 23.2 Å². The zero-order chi connectivity index (χ0) is 22.3. The first-order chi connectivity index (χ1) is 15.5. The van der Waals surface area contributed by atoms with E-state index in [4.69, 9.17) is 14.0 Å². The number of ether oxygens (including phenoxy) is 2. The average molecular weight is 433 g/mol.